The van der Waals surface area contributed by atoms with E-state index in [1.807, 2.05) is 36.7 Å². The molecule has 0 radical (unpaired) electrons. The number of amides is 1. The lowest BCUT2D eigenvalue weighted by Crippen LogP contribution is -2.53. The van der Waals surface area contributed by atoms with Crippen molar-refractivity contribution >= 4 is 23.9 Å². The quantitative estimate of drug-likeness (QED) is 0.391. The van der Waals surface area contributed by atoms with Crippen LogP contribution in [-0.4, -0.2) is 47.0 Å². The summed E-state index contributed by atoms with van der Waals surface area (Å²) >= 11 is 0. The Morgan fingerprint density at radius 1 is 1.00 bits per heavy atom. The Labute approximate surface area is 233 Å². The van der Waals surface area contributed by atoms with Gasteiger partial charge in [-0.2, -0.15) is 0 Å². The average molecular weight is 530 g/mol. The summed E-state index contributed by atoms with van der Waals surface area (Å²) in [6.07, 6.45) is 20.5. The van der Waals surface area contributed by atoms with Crippen LogP contribution in [0.25, 0.3) is 0 Å². The molecule has 0 bridgehead atoms. The first-order valence-corrected chi connectivity index (χ1v) is 15.1. The highest BCUT2D eigenvalue weighted by molar-refractivity contribution is 6.04. The minimum absolute atomic E-state index is 0.0229. The zero-order chi connectivity index (χ0) is 27.2. The minimum Gasteiger partial charge on any atom is -0.481 e. The van der Waals surface area contributed by atoms with Crippen molar-refractivity contribution in [2.24, 2.45) is 33.7 Å². The molecule has 0 spiro atoms. The number of carbonyl (C=O) groups is 2. The van der Waals surface area contributed by atoms with E-state index in [1.165, 1.54) is 62.5 Å². The lowest BCUT2D eigenvalue weighted by atomic mass is 9.70. The van der Waals surface area contributed by atoms with Gasteiger partial charge in [0.15, 0.2) is 5.84 Å². The summed E-state index contributed by atoms with van der Waals surface area (Å²) < 4.78 is 0. The molecule has 1 amide bonds. The van der Waals surface area contributed by atoms with Gasteiger partial charge >= 0.3 is 5.97 Å². The molecule has 6 heteroatoms. The molecule has 1 saturated heterocycles. The summed E-state index contributed by atoms with van der Waals surface area (Å²) in [6.45, 7) is 2.98. The number of aryl methyl sites for hydroxylation is 1. The first-order chi connectivity index (χ1) is 19.0. The van der Waals surface area contributed by atoms with E-state index in [1.54, 1.807) is 4.90 Å². The fourth-order valence-corrected chi connectivity index (χ4v) is 6.82. The number of allylic oxidation sites excluding steroid dienone is 3. The summed E-state index contributed by atoms with van der Waals surface area (Å²) in [5.41, 5.74) is 4.81. The van der Waals surface area contributed by atoms with Crippen molar-refractivity contribution < 1.29 is 14.7 Å². The van der Waals surface area contributed by atoms with E-state index in [-0.39, 0.29) is 5.91 Å². The predicted octanol–water partition coefficient (Wildman–Crippen LogP) is 6.60. The Morgan fingerprint density at radius 2 is 1.77 bits per heavy atom. The molecule has 1 aromatic rings. The Morgan fingerprint density at radius 3 is 2.44 bits per heavy atom. The molecule has 1 unspecified atom stereocenters. The van der Waals surface area contributed by atoms with Crippen molar-refractivity contribution in [3.63, 3.8) is 0 Å². The Balaban J connectivity index is 1.12. The van der Waals surface area contributed by atoms with Gasteiger partial charge in [0.05, 0.1) is 5.92 Å². The fourth-order valence-electron chi connectivity index (χ4n) is 6.82. The van der Waals surface area contributed by atoms with Crippen molar-refractivity contribution in [3.05, 3.63) is 58.8 Å². The van der Waals surface area contributed by atoms with Crippen molar-refractivity contribution in [3.8, 4) is 0 Å². The molecule has 4 aliphatic rings. The van der Waals surface area contributed by atoms with E-state index < -0.39 is 11.9 Å². The highest BCUT2D eigenvalue weighted by Gasteiger charge is 2.35. The zero-order valence-electron chi connectivity index (χ0n) is 23.4. The predicted molar refractivity (Wildman–Crippen MR) is 156 cm³/mol. The first kappa shape index (κ1) is 27.5. The maximum absolute atomic E-state index is 12.3. The van der Waals surface area contributed by atoms with Crippen molar-refractivity contribution in [1.82, 2.24) is 4.90 Å². The number of hydrogen-bond donors (Lipinski definition) is 1. The molecule has 2 aliphatic carbocycles. The van der Waals surface area contributed by atoms with Crippen molar-refractivity contribution in [2.45, 2.75) is 84.0 Å². The highest BCUT2D eigenvalue weighted by Crippen LogP contribution is 2.41. The van der Waals surface area contributed by atoms with Gasteiger partial charge in [0.1, 0.15) is 0 Å². The Hall–Kier alpha value is -3.02. The van der Waals surface area contributed by atoms with Crippen LogP contribution in [0.15, 0.2) is 57.7 Å². The van der Waals surface area contributed by atoms with Gasteiger partial charge in [-0.1, -0.05) is 62.9 Å². The number of rotatable bonds is 9. The number of aliphatic carboxylic acids is 1. The molecule has 2 fully saturated rings. The van der Waals surface area contributed by atoms with Crippen LogP contribution in [0, 0.1) is 23.7 Å². The normalized spacial score (nSPS) is 25.7. The number of likely N-dealkylation sites (tertiary alicyclic amines) is 1. The van der Waals surface area contributed by atoms with E-state index in [9.17, 15) is 9.59 Å². The number of carboxylic acid groups (broad SMARTS) is 1. The van der Waals surface area contributed by atoms with Crippen LogP contribution in [0.1, 0.15) is 88.7 Å². The molecule has 1 atom stereocenters. The maximum atomic E-state index is 12.3. The molecule has 39 heavy (non-hydrogen) atoms. The topological polar surface area (TPSA) is 82.3 Å². The second-order valence-electron chi connectivity index (χ2n) is 12.0. The molecule has 1 aromatic carbocycles. The van der Waals surface area contributed by atoms with E-state index in [0.29, 0.717) is 25.9 Å². The molecule has 5 rings (SSSR count). The first-order valence-electron chi connectivity index (χ1n) is 15.1. The summed E-state index contributed by atoms with van der Waals surface area (Å²) in [5, 5.41) is 8.98. The molecule has 2 heterocycles. The van der Waals surface area contributed by atoms with Crippen LogP contribution in [0.2, 0.25) is 0 Å². The molecule has 208 valence electrons. The monoisotopic (exact) mass is 529 g/mol. The molecule has 0 aromatic heterocycles. The number of aliphatic imine (C=N–C) groups is 2. The van der Waals surface area contributed by atoms with Crippen LogP contribution in [-0.2, 0) is 16.0 Å². The lowest BCUT2D eigenvalue weighted by molar-refractivity contribution is -0.152. The van der Waals surface area contributed by atoms with Gasteiger partial charge in [-0.15, -0.1) is 0 Å². The van der Waals surface area contributed by atoms with E-state index in [2.05, 4.69) is 18.0 Å². The number of benzene rings is 1. The lowest BCUT2D eigenvalue weighted by Gasteiger charge is -2.36. The summed E-state index contributed by atoms with van der Waals surface area (Å²) in [6, 6.07) is 8.12. The van der Waals surface area contributed by atoms with E-state index >= 15 is 0 Å². The highest BCUT2D eigenvalue weighted by atomic mass is 16.4. The zero-order valence-corrected chi connectivity index (χ0v) is 23.4. The average Bonchev–Trinajstić information content (AvgIpc) is 3.18. The standard InChI is InChI=1S/C33H43N3O3/c1-2-3-23-4-9-25(10-5-23)26-13-15-27(16-14-26)29-18-19-34-32(35-20-29)28-11-6-24(7-12-28)8-17-31(37)36-21-30(22-36)33(38)39/h6-7,11-12,15,19-20,23,25-26,30H,2-5,8-10,13-14,16-18,21-22H2,1H3,(H,38,39). The Kier molecular flexibility index (Phi) is 9.10. The molecule has 2 aliphatic heterocycles. The number of carboxylic acids is 1. The van der Waals surface area contributed by atoms with Crippen LogP contribution < -0.4 is 0 Å². The molecule has 1 N–H and O–H groups in total. The number of nitrogens with zero attached hydrogens (tertiary/aromatic N) is 3. The second kappa shape index (κ2) is 12.9. The van der Waals surface area contributed by atoms with Gasteiger partial charge in [0, 0.05) is 43.9 Å². The fraction of sp³-hybridized carbons (Fsp3) is 0.576. The molecule has 1 saturated carbocycles. The number of carbonyl (C=O) groups excluding carboxylic acids is 1. The van der Waals surface area contributed by atoms with Gasteiger partial charge in [0.2, 0.25) is 5.91 Å². The third-order valence-electron chi connectivity index (χ3n) is 9.41. The third kappa shape index (κ3) is 6.95. The van der Waals surface area contributed by atoms with Crippen molar-refractivity contribution in [2.75, 3.05) is 13.1 Å². The maximum Gasteiger partial charge on any atom is 0.310 e. The number of hydrogen-bond acceptors (Lipinski definition) is 4. The summed E-state index contributed by atoms with van der Waals surface area (Å²) in [5.74, 6) is 2.29. The van der Waals surface area contributed by atoms with Gasteiger partial charge in [-0.05, 0) is 73.0 Å². The van der Waals surface area contributed by atoms with Crippen LogP contribution in [0.4, 0.5) is 0 Å². The van der Waals surface area contributed by atoms with E-state index in [4.69, 9.17) is 10.1 Å². The molecule has 6 nitrogen and oxygen atoms in total. The third-order valence-corrected chi connectivity index (χ3v) is 9.41. The summed E-state index contributed by atoms with van der Waals surface area (Å²) in [4.78, 5) is 34.3. The van der Waals surface area contributed by atoms with Gasteiger partial charge < -0.3 is 10.0 Å². The van der Waals surface area contributed by atoms with Gasteiger partial charge in [0.25, 0.3) is 0 Å². The Bertz CT molecular complexity index is 1150. The number of amidine groups is 1. The summed E-state index contributed by atoms with van der Waals surface area (Å²) in [7, 11) is 0. The largest absolute Gasteiger partial charge is 0.481 e. The van der Waals surface area contributed by atoms with E-state index in [0.717, 1.165) is 47.6 Å². The van der Waals surface area contributed by atoms with Crippen LogP contribution in [0.3, 0.4) is 0 Å². The van der Waals surface area contributed by atoms with Crippen LogP contribution in [0.5, 0.6) is 0 Å². The van der Waals surface area contributed by atoms with Crippen LogP contribution >= 0.6 is 0 Å². The molecular formula is C33H43N3O3. The SMILES string of the molecule is CCCC1CCC(C2CC=C(C3=CN=C(c4ccc(CCC(=O)N5CC(C(=O)O)C5)cc4)N=CC3)CC2)CC1. The van der Waals surface area contributed by atoms with Gasteiger partial charge in [-0.3, -0.25) is 9.59 Å². The molecular weight excluding hydrogens is 486 g/mol. The minimum atomic E-state index is -0.820. The van der Waals surface area contributed by atoms with Gasteiger partial charge in [-0.25, -0.2) is 9.98 Å². The smallest absolute Gasteiger partial charge is 0.310 e. The van der Waals surface area contributed by atoms with Crippen molar-refractivity contribution in [1.29, 1.82) is 0 Å². The second-order valence-corrected chi connectivity index (χ2v) is 12.0.